The van der Waals surface area contributed by atoms with E-state index >= 15 is 0 Å². The first-order valence-corrected chi connectivity index (χ1v) is 5.94. The number of hydrogen-bond acceptors (Lipinski definition) is 3. The van der Waals surface area contributed by atoms with E-state index in [1.54, 1.807) is 12.1 Å². The first-order valence-electron chi connectivity index (χ1n) is 5.94. The zero-order chi connectivity index (χ0) is 13.1. The van der Waals surface area contributed by atoms with Crippen molar-refractivity contribution in [2.75, 3.05) is 0 Å². The fourth-order valence-electron chi connectivity index (χ4n) is 1.92. The van der Waals surface area contributed by atoms with E-state index < -0.39 is 0 Å². The Morgan fingerprint density at radius 1 is 0.947 bits per heavy atom. The number of carbonyl (C=O) groups excluding carboxylic acids is 1. The highest BCUT2D eigenvalue weighted by Gasteiger charge is 2.03. The first-order chi connectivity index (χ1) is 9.36. The van der Waals surface area contributed by atoms with Gasteiger partial charge in [-0.3, -0.25) is 4.79 Å². The zero-order valence-corrected chi connectivity index (χ0v) is 10.1. The van der Waals surface area contributed by atoms with Crippen molar-refractivity contribution in [1.82, 2.24) is 4.98 Å². The molecule has 0 saturated heterocycles. The Bertz CT molecular complexity index is 715. The normalized spacial score (nSPS) is 10.3. The fraction of sp³-hybridized carbons (Fsp3) is 0. The standard InChI is InChI=1S/C16H11NO2/c18-11-12-8-9-16(17-10-12)19-15-7-3-5-13-4-1-2-6-14(13)15/h1-11H. The quantitative estimate of drug-likeness (QED) is 0.662. The summed E-state index contributed by atoms with van der Waals surface area (Å²) >= 11 is 0. The maximum absolute atomic E-state index is 10.6. The molecule has 0 bridgehead atoms. The molecular formula is C16H11NO2. The largest absolute Gasteiger partial charge is 0.438 e. The predicted octanol–water partition coefficient (Wildman–Crippen LogP) is 3.84. The fourth-order valence-corrected chi connectivity index (χ4v) is 1.92. The molecule has 0 atom stereocenters. The second kappa shape index (κ2) is 4.90. The van der Waals surface area contributed by atoms with E-state index in [9.17, 15) is 4.79 Å². The molecule has 0 saturated carbocycles. The van der Waals surface area contributed by atoms with Crippen LogP contribution in [-0.4, -0.2) is 11.3 Å². The minimum Gasteiger partial charge on any atom is -0.438 e. The molecule has 92 valence electrons. The Hall–Kier alpha value is -2.68. The number of fused-ring (bicyclic) bond motifs is 1. The summed E-state index contributed by atoms with van der Waals surface area (Å²) in [6.07, 6.45) is 2.25. The third kappa shape index (κ3) is 2.31. The molecule has 0 aliphatic carbocycles. The molecule has 1 heterocycles. The lowest BCUT2D eigenvalue weighted by molar-refractivity contribution is 0.112. The number of nitrogens with zero attached hydrogens (tertiary/aromatic N) is 1. The minimum atomic E-state index is 0.474. The average molecular weight is 249 g/mol. The van der Waals surface area contributed by atoms with Crippen molar-refractivity contribution in [1.29, 1.82) is 0 Å². The van der Waals surface area contributed by atoms with Crippen LogP contribution >= 0.6 is 0 Å². The van der Waals surface area contributed by atoms with Crippen LogP contribution in [0.1, 0.15) is 10.4 Å². The van der Waals surface area contributed by atoms with Crippen molar-refractivity contribution < 1.29 is 9.53 Å². The highest BCUT2D eigenvalue weighted by Crippen LogP contribution is 2.28. The lowest BCUT2D eigenvalue weighted by atomic mass is 10.1. The van der Waals surface area contributed by atoms with Gasteiger partial charge >= 0.3 is 0 Å². The third-order valence-corrected chi connectivity index (χ3v) is 2.86. The van der Waals surface area contributed by atoms with E-state index in [1.165, 1.54) is 6.20 Å². The van der Waals surface area contributed by atoms with Crippen molar-refractivity contribution in [2.24, 2.45) is 0 Å². The molecule has 0 N–H and O–H groups in total. The van der Waals surface area contributed by atoms with Crippen LogP contribution in [0.15, 0.2) is 60.8 Å². The summed E-state index contributed by atoms with van der Waals surface area (Å²) in [6, 6.07) is 17.2. The first kappa shape index (κ1) is 11.4. The molecule has 0 unspecified atom stereocenters. The van der Waals surface area contributed by atoms with Gasteiger partial charge < -0.3 is 4.74 Å². The van der Waals surface area contributed by atoms with Crippen LogP contribution < -0.4 is 4.74 Å². The lowest BCUT2D eigenvalue weighted by Crippen LogP contribution is -1.90. The van der Waals surface area contributed by atoms with E-state index in [1.807, 2.05) is 42.5 Å². The summed E-state index contributed by atoms with van der Waals surface area (Å²) in [7, 11) is 0. The molecule has 19 heavy (non-hydrogen) atoms. The Labute approximate surface area is 110 Å². The van der Waals surface area contributed by atoms with Crippen LogP contribution in [0.3, 0.4) is 0 Å². The third-order valence-electron chi connectivity index (χ3n) is 2.86. The summed E-state index contributed by atoms with van der Waals surface area (Å²) in [4.78, 5) is 14.7. The summed E-state index contributed by atoms with van der Waals surface area (Å²) in [6.45, 7) is 0. The van der Waals surface area contributed by atoms with Crippen molar-refractivity contribution in [3.63, 3.8) is 0 Å². The number of carbonyl (C=O) groups is 1. The van der Waals surface area contributed by atoms with Gasteiger partial charge in [0, 0.05) is 23.2 Å². The highest BCUT2D eigenvalue weighted by molar-refractivity contribution is 5.88. The van der Waals surface area contributed by atoms with E-state index in [2.05, 4.69) is 4.98 Å². The van der Waals surface area contributed by atoms with Gasteiger partial charge in [0.05, 0.1) is 0 Å². The Morgan fingerprint density at radius 2 is 1.79 bits per heavy atom. The van der Waals surface area contributed by atoms with Gasteiger partial charge in [-0.2, -0.15) is 0 Å². The van der Waals surface area contributed by atoms with Crippen molar-refractivity contribution >= 4 is 17.1 Å². The second-order valence-electron chi connectivity index (χ2n) is 4.13. The maximum Gasteiger partial charge on any atom is 0.219 e. The molecule has 0 amide bonds. The molecule has 0 aliphatic rings. The van der Waals surface area contributed by atoms with E-state index in [-0.39, 0.29) is 0 Å². The smallest absolute Gasteiger partial charge is 0.219 e. The minimum absolute atomic E-state index is 0.474. The number of rotatable bonds is 3. The summed E-state index contributed by atoms with van der Waals surface area (Å²) in [5, 5.41) is 2.15. The molecule has 0 spiro atoms. The molecule has 1 aromatic heterocycles. The Kier molecular flexibility index (Phi) is 2.94. The molecule has 3 rings (SSSR count). The van der Waals surface area contributed by atoms with Crippen LogP contribution in [0, 0.1) is 0 Å². The van der Waals surface area contributed by atoms with Gasteiger partial charge in [0.1, 0.15) is 5.75 Å². The Balaban J connectivity index is 1.98. The van der Waals surface area contributed by atoms with Crippen LogP contribution in [0.5, 0.6) is 11.6 Å². The highest BCUT2D eigenvalue weighted by atomic mass is 16.5. The predicted molar refractivity (Wildman–Crippen MR) is 73.6 cm³/mol. The molecule has 0 radical (unpaired) electrons. The molecule has 0 aliphatic heterocycles. The van der Waals surface area contributed by atoms with Gasteiger partial charge in [-0.25, -0.2) is 4.98 Å². The van der Waals surface area contributed by atoms with Gasteiger partial charge in [0.2, 0.25) is 5.88 Å². The maximum atomic E-state index is 10.6. The lowest BCUT2D eigenvalue weighted by Gasteiger charge is -2.07. The zero-order valence-electron chi connectivity index (χ0n) is 10.1. The van der Waals surface area contributed by atoms with Crippen molar-refractivity contribution in [2.45, 2.75) is 0 Å². The summed E-state index contributed by atoms with van der Waals surface area (Å²) < 4.78 is 5.76. The van der Waals surface area contributed by atoms with Crippen LogP contribution in [-0.2, 0) is 0 Å². The summed E-state index contributed by atoms with van der Waals surface area (Å²) in [5.41, 5.74) is 0.533. The molecule has 3 aromatic rings. The number of aromatic nitrogens is 1. The van der Waals surface area contributed by atoms with E-state index in [0.717, 1.165) is 22.8 Å². The number of hydrogen-bond donors (Lipinski definition) is 0. The molecule has 3 nitrogen and oxygen atoms in total. The molecule has 3 heteroatoms. The monoisotopic (exact) mass is 249 g/mol. The van der Waals surface area contributed by atoms with E-state index in [4.69, 9.17) is 4.74 Å². The summed E-state index contributed by atoms with van der Waals surface area (Å²) in [5.74, 6) is 1.23. The molecular weight excluding hydrogens is 238 g/mol. The molecule has 2 aromatic carbocycles. The van der Waals surface area contributed by atoms with Crippen molar-refractivity contribution in [3.8, 4) is 11.6 Å². The Morgan fingerprint density at radius 3 is 2.58 bits per heavy atom. The van der Waals surface area contributed by atoms with Crippen LogP contribution in [0.25, 0.3) is 10.8 Å². The van der Waals surface area contributed by atoms with E-state index in [0.29, 0.717) is 11.4 Å². The number of pyridine rings is 1. The van der Waals surface area contributed by atoms with Gasteiger partial charge in [-0.05, 0) is 17.5 Å². The number of benzene rings is 2. The average Bonchev–Trinajstić information content (AvgIpc) is 2.48. The second-order valence-corrected chi connectivity index (χ2v) is 4.13. The van der Waals surface area contributed by atoms with Gasteiger partial charge in [0.25, 0.3) is 0 Å². The number of ether oxygens (including phenoxy) is 1. The topological polar surface area (TPSA) is 39.2 Å². The van der Waals surface area contributed by atoms with Crippen LogP contribution in [0.2, 0.25) is 0 Å². The number of aldehydes is 1. The SMILES string of the molecule is O=Cc1ccc(Oc2cccc3ccccc23)nc1. The van der Waals surface area contributed by atoms with Gasteiger partial charge in [0.15, 0.2) is 6.29 Å². The van der Waals surface area contributed by atoms with Gasteiger partial charge in [-0.1, -0.05) is 36.4 Å². The van der Waals surface area contributed by atoms with Crippen LogP contribution in [0.4, 0.5) is 0 Å². The van der Waals surface area contributed by atoms with Gasteiger partial charge in [-0.15, -0.1) is 0 Å². The van der Waals surface area contributed by atoms with Crippen molar-refractivity contribution in [3.05, 3.63) is 66.4 Å². The molecule has 0 fully saturated rings.